The molecule has 0 fully saturated rings. The van der Waals surface area contributed by atoms with Crippen molar-refractivity contribution in [3.8, 4) is 17.2 Å². The number of nitro groups is 1. The SMILES string of the molecule is O=C(COc1ccc(Cl)cc1Cl)NNc1ncnc(Nc2ccc(Oc3ccccc3)cc2)c1[N+](=O)[O-]. The second-order valence-corrected chi connectivity index (χ2v) is 8.12. The van der Waals surface area contributed by atoms with Gasteiger partial charge in [0.1, 0.15) is 23.6 Å². The van der Waals surface area contributed by atoms with Gasteiger partial charge in [0.15, 0.2) is 6.61 Å². The van der Waals surface area contributed by atoms with Crippen molar-refractivity contribution in [3.05, 3.63) is 99.3 Å². The van der Waals surface area contributed by atoms with Crippen molar-refractivity contribution in [1.82, 2.24) is 15.4 Å². The molecule has 3 aromatic carbocycles. The first kappa shape index (κ1) is 25.5. The number of hydrogen-bond donors (Lipinski definition) is 3. The van der Waals surface area contributed by atoms with E-state index in [9.17, 15) is 14.9 Å². The van der Waals surface area contributed by atoms with E-state index < -0.39 is 23.1 Å². The van der Waals surface area contributed by atoms with E-state index in [1.165, 1.54) is 12.1 Å². The number of carbonyl (C=O) groups is 1. The van der Waals surface area contributed by atoms with Crippen molar-refractivity contribution in [2.24, 2.45) is 0 Å². The van der Waals surface area contributed by atoms with Crippen LogP contribution in [0.1, 0.15) is 0 Å². The van der Waals surface area contributed by atoms with Crippen LogP contribution in [0.3, 0.4) is 0 Å². The summed E-state index contributed by atoms with van der Waals surface area (Å²) in [5.41, 5.74) is 4.77. The Morgan fingerprint density at radius 2 is 1.65 bits per heavy atom. The average molecular weight is 541 g/mol. The van der Waals surface area contributed by atoms with Crippen LogP contribution in [0.25, 0.3) is 0 Å². The summed E-state index contributed by atoms with van der Waals surface area (Å²) in [7, 11) is 0. The van der Waals surface area contributed by atoms with Crippen molar-refractivity contribution in [2.45, 2.75) is 0 Å². The molecule has 1 heterocycles. The minimum atomic E-state index is -0.673. The molecule has 0 spiro atoms. The summed E-state index contributed by atoms with van der Waals surface area (Å²) < 4.78 is 11.1. The van der Waals surface area contributed by atoms with Gasteiger partial charge in [0.25, 0.3) is 5.91 Å². The van der Waals surface area contributed by atoms with Gasteiger partial charge in [-0.3, -0.25) is 25.8 Å². The van der Waals surface area contributed by atoms with E-state index in [4.69, 9.17) is 32.7 Å². The average Bonchev–Trinajstić information content (AvgIpc) is 2.88. The van der Waals surface area contributed by atoms with Crippen LogP contribution in [0.2, 0.25) is 10.0 Å². The summed E-state index contributed by atoms with van der Waals surface area (Å²) in [5.74, 6) is 0.556. The maximum Gasteiger partial charge on any atom is 0.355 e. The topological polar surface area (TPSA) is 141 Å². The van der Waals surface area contributed by atoms with Crippen molar-refractivity contribution < 1.29 is 19.2 Å². The number of nitrogens with one attached hydrogen (secondary N) is 3. The predicted molar refractivity (Wildman–Crippen MR) is 139 cm³/mol. The lowest BCUT2D eigenvalue weighted by molar-refractivity contribution is -0.383. The molecular weight excluding hydrogens is 523 g/mol. The zero-order chi connectivity index (χ0) is 26.2. The summed E-state index contributed by atoms with van der Waals surface area (Å²) >= 11 is 11.8. The normalized spacial score (nSPS) is 10.3. The second-order valence-electron chi connectivity index (χ2n) is 7.28. The van der Waals surface area contributed by atoms with Gasteiger partial charge in [-0.25, -0.2) is 9.97 Å². The summed E-state index contributed by atoms with van der Waals surface area (Å²) in [6, 6.07) is 20.5. The Morgan fingerprint density at radius 1 is 0.946 bits per heavy atom. The number of nitrogens with zero attached hydrogens (tertiary/aromatic N) is 3. The smallest absolute Gasteiger partial charge is 0.355 e. The van der Waals surface area contributed by atoms with Crippen molar-refractivity contribution in [1.29, 1.82) is 0 Å². The van der Waals surface area contributed by atoms with Crippen molar-refractivity contribution in [3.63, 3.8) is 0 Å². The summed E-state index contributed by atoms with van der Waals surface area (Å²) in [4.78, 5) is 31.1. The number of carbonyl (C=O) groups excluding carboxylic acids is 1. The lowest BCUT2D eigenvalue weighted by atomic mass is 10.3. The molecule has 37 heavy (non-hydrogen) atoms. The first-order chi connectivity index (χ1) is 17.9. The Labute approximate surface area is 220 Å². The van der Waals surface area contributed by atoms with Crippen LogP contribution in [-0.4, -0.2) is 27.4 Å². The third kappa shape index (κ3) is 6.97. The fourth-order valence-corrected chi connectivity index (χ4v) is 3.47. The zero-order valence-corrected chi connectivity index (χ0v) is 20.4. The van der Waals surface area contributed by atoms with Gasteiger partial charge in [-0.05, 0) is 54.6 Å². The van der Waals surface area contributed by atoms with E-state index in [1.54, 1.807) is 30.3 Å². The summed E-state index contributed by atoms with van der Waals surface area (Å²) in [6.07, 6.45) is 1.11. The molecule has 0 saturated carbocycles. The fourth-order valence-electron chi connectivity index (χ4n) is 3.00. The molecule has 3 N–H and O–H groups in total. The maximum atomic E-state index is 12.2. The van der Waals surface area contributed by atoms with E-state index in [2.05, 4.69) is 26.1 Å². The Morgan fingerprint density at radius 3 is 2.35 bits per heavy atom. The van der Waals surface area contributed by atoms with Crippen molar-refractivity contribution >= 4 is 52.1 Å². The van der Waals surface area contributed by atoms with Crippen LogP contribution < -0.4 is 25.6 Å². The molecule has 0 bridgehead atoms. The fraction of sp³-hybridized carbons (Fsp3) is 0.0417. The molecule has 0 unspecified atom stereocenters. The lowest BCUT2D eigenvalue weighted by Crippen LogP contribution is -2.34. The molecule has 11 nitrogen and oxygen atoms in total. The number of benzene rings is 3. The molecule has 0 aliphatic rings. The lowest BCUT2D eigenvalue weighted by Gasteiger charge is -2.12. The monoisotopic (exact) mass is 540 g/mol. The number of halogens is 2. The maximum absolute atomic E-state index is 12.2. The number of para-hydroxylation sites is 1. The molecule has 0 aliphatic carbocycles. The highest BCUT2D eigenvalue weighted by Crippen LogP contribution is 2.32. The van der Waals surface area contributed by atoms with Gasteiger partial charge in [0.2, 0.25) is 11.6 Å². The highest BCUT2D eigenvalue weighted by Gasteiger charge is 2.23. The number of ether oxygens (including phenoxy) is 2. The quantitative estimate of drug-likeness (QED) is 0.169. The molecule has 0 saturated heterocycles. The van der Waals surface area contributed by atoms with Crippen molar-refractivity contribution in [2.75, 3.05) is 17.3 Å². The van der Waals surface area contributed by atoms with Crippen LogP contribution in [0, 0.1) is 10.1 Å². The summed E-state index contributed by atoms with van der Waals surface area (Å²) in [5, 5.41) is 15.3. The van der Waals surface area contributed by atoms with E-state index in [0.29, 0.717) is 22.2 Å². The highest BCUT2D eigenvalue weighted by atomic mass is 35.5. The van der Waals surface area contributed by atoms with Crippen LogP contribution in [0.15, 0.2) is 79.1 Å². The molecule has 1 amide bonds. The zero-order valence-electron chi connectivity index (χ0n) is 18.9. The van der Waals surface area contributed by atoms with Gasteiger partial charge in [-0.1, -0.05) is 41.4 Å². The number of aromatic nitrogens is 2. The van der Waals surface area contributed by atoms with Gasteiger partial charge in [0.05, 0.1) is 9.95 Å². The Kier molecular flexibility index (Phi) is 8.18. The molecule has 0 atom stereocenters. The van der Waals surface area contributed by atoms with Gasteiger partial charge in [-0.15, -0.1) is 0 Å². The second kappa shape index (κ2) is 11.9. The molecular formula is C24H18Cl2N6O5. The number of amides is 1. The number of hydrazine groups is 1. The largest absolute Gasteiger partial charge is 0.482 e. The molecule has 13 heteroatoms. The van der Waals surface area contributed by atoms with E-state index in [1.807, 2.05) is 30.3 Å². The third-order valence-corrected chi connectivity index (χ3v) is 5.20. The van der Waals surface area contributed by atoms with Crippen LogP contribution in [-0.2, 0) is 4.79 Å². The number of rotatable bonds is 10. The minimum Gasteiger partial charge on any atom is -0.482 e. The van der Waals surface area contributed by atoms with Gasteiger partial charge in [0, 0.05) is 10.7 Å². The molecule has 0 radical (unpaired) electrons. The van der Waals surface area contributed by atoms with Gasteiger partial charge < -0.3 is 14.8 Å². The van der Waals surface area contributed by atoms with Gasteiger partial charge >= 0.3 is 5.69 Å². The Balaban J connectivity index is 1.39. The first-order valence-electron chi connectivity index (χ1n) is 10.6. The molecule has 0 aliphatic heterocycles. The standard InChI is InChI=1S/C24H18Cl2N6O5/c25-15-6-11-20(19(26)12-15)36-13-21(33)30-31-24-22(32(34)35)23(27-14-28-24)29-16-7-9-18(10-8-16)37-17-4-2-1-3-5-17/h1-12,14H,13H2,(H,30,33)(H2,27,28,29,31). The Bertz CT molecular complexity index is 1410. The first-order valence-corrected chi connectivity index (χ1v) is 11.4. The summed E-state index contributed by atoms with van der Waals surface area (Å²) in [6.45, 7) is -0.421. The van der Waals surface area contributed by atoms with E-state index in [0.717, 1.165) is 6.33 Å². The van der Waals surface area contributed by atoms with E-state index >= 15 is 0 Å². The number of hydrogen-bond acceptors (Lipinski definition) is 9. The highest BCUT2D eigenvalue weighted by molar-refractivity contribution is 6.35. The van der Waals surface area contributed by atoms with Gasteiger partial charge in [-0.2, -0.15) is 0 Å². The molecule has 1 aromatic heterocycles. The van der Waals surface area contributed by atoms with E-state index in [-0.39, 0.29) is 22.4 Å². The predicted octanol–water partition coefficient (Wildman–Crippen LogP) is 5.75. The number of anilines is 3. The minimum absolute atomic E-state index is 0.0855. The van der Waals surface area contributed by atoms with Crippen LogP contribution >= 0.6 is 23.2 Å². The van der Waals surface area contributed by atoms with Crippen LogP contribution in [0.5, 0.6) is 17.2 Å². The Hall–Kier alpha value is -4.61. The third-order valence-electron chi connectivity index (χ3n) is 4.67. The molecule has 4 aromatic rings. The molecule has 4 rings (SSSR count). The van der Waals surface area contributed by atoms with Crippen LogP contribution in [0.4, 0.5) is 23.0 Å². The molecule has 188 valence electrons.